The Morgan fingerprint density at radius 3 is 2.62 bits per heavy atom. The number of nitrogens with two attached hydrogens (primary N) is 1. The SMILES string of the molecule is CN(C)c1cc(NC2CCC(OC(N)=O)CC2)nc2ccccc12. The van der Waals surface area contributed by atoms with Gasteiger partial charge in [-0.1, -0.05) is 18.2 Å². The summed E-state index contributed by atoms with van der Waals surface area (Å²) in [5.41, 5.74) is 7.22. The van der Waals surface area contributed by atoms with Crippen LogP contribution in [0.4, 0.5) is 16.3 Å². The lowest BCUT2D eigenvalue weighted by Crippen LogP contribution is -2.32. The highest BCUT2D eigenvalue weighted by molar-refractivity contribution is 5.93. The van der Waals surface area contributed by atoms with E-state index in [9.17, 15) is 4.79 Å². The normalized spacial score (nSPS) is 20.6. The number of ether oxygens (including phenoxy) is 1. The van der Waals surface area contributed by atoms with Gasteiger partial charge in [0.1, 0.15) is 11.9 Å². The lowest BCUT2D eigenvalue weighted by molar-refractivity contribution is 0.0805. The molecule has 1 heterocycles. The van der Waals surface area contributed by atoms with Crippen molar-refractivity contribution < 1.29 is 9.53 Å². The third kappa shape index (κ3) is 3.69. The summed E-state index contributed by atoms with van der Waals surface area (Å²) in [4.78, 5) is 17.7. The molecule has 1 aromatic carbocycles. The summed E-state index contributed by atoms with van der Waals surface area (Å²) >= 11 is 0. The predicted octanol–water partition coefficient (Wildman–Crippen LogP) is 3.12. The second-order valence-corrected chi connectivity index (χ2v) is 6.49. The molecule has 24 heavy (non-hydrogen) atoms. The van der Waals surface area contributed by atoms with Gasteiger partial charge in [-0.05, 0) is 31.7 Å². The number of anilines is 2. The van der Waals surface area contributed by atoms with E-state index in [0.717, 1.165) is 48.1 Å². The number of pyridine rings is 1. The standard InChI is InChI=1S/C18H24N4O2/c1-22(2)16-11-17(21-15-6-4-3-5-14(15)16)20-12-7-9-13(10-8-12)24-18(19)23/h3-6,11-13H,7-10H2,1-2H3,(H2,19,23)(H,20,21). The van der Waals surface area contributed by atoms with Crippen LogP contribution in [0.3, 0.4) is 0 Å². The van der Waals surface area contributed by atoms with Gasteiger partial charge < -0.3 is 20.7 Å². The molecule has 6 nitrogen and oxygen atoms in total. The molecule has 1 aliphatic rings. The van der Waals surface area contributed by atoms with E-state index in [4.69, 9.17) is 15.5 Å². The van der Waals surface area contributed by atoms with E-state index in [1.54, 1.807) is 0 Å². The molecule has 0 radical (unpaired) electrons. The fourth-order valence-corrected chi connectivity index (χ4v) is 3.30. The van der Waals surface area contributed by atoms with E-state index >= 15 is 0 Å². The molecule has 6 heteroatoms. The average molecular weight is 328 g/mol. The number of carbonyl (C=O) groups excluding carboxylic acids is 1. The number of carbonyl (C=O) groups is 1. The molecule has 128 valence electrons. The molecule has 3 rings (SSSR count). The van der Waals surface area contributed by atoms with Crippen molar-refractivity contribution in [2.24, 2.45) is 5.73 Å². The molecule has 0 spiro atoms. The number of benzene rings is 1. The number of aromatic nitrogens is 1. The van der Waals surface area contributed by atoms with Crippen molar-refractivity contribution in [1.29, 1.82) is 0 Å². The number of hydrogen-bond acceptors (Lipinski definition) is 5. The second-order valence-electron chi connectivity index (χ2n) is 6.49. The van der Waals surface area contributed by atoms with E-state index in [1.165, 1.54) is 0 Å². The van der Waals surface area contributed by atoms with Crippen molar-refractivity contribution in [2.75, 3.05) is 24.3 Å². The van der Waals surface area contributed by atoms with Gasteiger partial charge in [-0.3, -0.25) is 0 Å². The van der Waals surface area contributed by atoms with E-state index in [1.807, 2.05) is 32.3 Å². The Hall–Kier alpha value is -2.50. The summed E-state index contributed by atoms with van der Waals surface area (Å²) < 4.78 is 5.09. The van der Waals surface area contributed by atoms with Crippen LogP contribution in [0.1, 0.15) is 25.7 Å². The number of nitrogens with one attached hydrogen (secondary N) is 1. The molecule has 1 amide bonds. The first-order valence-corrected chi connectivity index (χ1v) is 8.32. The van der Waals surface area contributed by atoms with E-state index in [-0.39, 0.29) is 6.10 Å². The average Bonchev–Trinajstić information content (AvgIpc) is 2.55. The van der Waals surface area contributed by atoms with Crippen LogP contribution in [0.2, 0.25) is 0 Å². The topological polar surface area (TPSA) is 80.5 Å². The van der Waals surface area contributed by atoms with Gasteiger partial charge >= 0.3 is 6.09 Å². The number of rotatable bonds is 4. The number of para-hydroxylation sites is 1. The van der Waals surface area contributed by atoms with Gasteiger partial charge in [-0.25, -0.2) is 9.78 Å². The maximum absolute atomic E-state index is 10.8. The molecule has 0 unspecified atom stereocenters. The first kappa shape index (κ1) is 16.4. The summed E-state index contributed by atoms with van der Waals surface area (Å²) in [6.07, 6.45) is 2.79. The molecule has 2 aromatic rings. The minimum absolute atomic E-state index is 0.0533. The molecule has 0 saturated heterocycles. The highest BCUT2D eigenvalue weighted by atomic mass is 16.6. The highest BCUT2D eigenvalue weighted by Crippen LogP contribution is 2.29. The fraction of sp³-hybridized carbons (Fsp3) is 0.444. The fourth-order valence-electron chi connectivity index (χ4n) is 3.30. The van der Waals surface area contributed by atoms with E-state index in [2.05, 4.69) is 22.3 Å². The lowest BCUT2D eigenvalue weighted by atomic mass is 9.93. The van der Waals surface area contributed by atoms with Crippen LogP contribution in [0.25, 0.3) is 10.9 Å². The number of amides is 1. The predicted molar refractivity (Wildman–Crippen MR) is 96.4 cm³/mol. The van der Waals surface area contributed by atoms with Crippen LogP contribution in [0.5, 0.6) is 0 Å². The van der Waals surface area contributed by atoms with Gasteiger partial charge in [0.05, 0.1) is 5.52 Å². The van der Waals surface area contributed by atoms with Crippen LogP contribution in [-0.4, -0.2) is 37.3 Å². The molecule has 0 bridgehead atoms. The van der Waals surface area contributed by atoms with Crippen LogP contribution < -0.4 is 16.0 Å². The van der Waals surface area contributed by atoms with Gasteiger partial charge in [-0.15, -0.1) is 0 Å². The van der Waals surface area contributed by atoms with Gasteiger partial charge in [-0.2, -0.15) is 0 Å². The van der Waals surface area contributed by atoms with Crippen molar-refractivity contribution in [2.45, 2.75) is 37.8 Å². The summed E-state index contributed by atoms with van der Waals surface area (Å²) in [5.74, 6) is 0.886. The van der Waals surface area contributed by atoms with E-state index in [0.29, 0.717) is 6.04 Å². The monoisotopic (exact) mass is 328 g/mol. The van der Waals surface area contributed by atoms with Gasteiger partial charge in [0.15, 0.2) is 0 Å². The Balaban J connectivity index is 1.73. The highest BCUT2D eigenvalue weighted by Gasteiger charge is 2.23. The third-order valence-corrected chi connectivity index (χ3v) is 4.49. The quantitative estimate of drug-likeness (QED) is 0.901. The number of nitrogens with zero attached hydrogens (tertiary/aromatic N) is 2. The maximum atomic E-state index is 10.8. The van der Waals surface area contributed by atoms with Crippen molar-refractivity contribution in [3.63, 3.8) is 0 Å². The molecular weight excluding hydrogens is 304 g/mol. The maximum Gasteiger partial charge on any atom is 0.404 e. The summed E-state index contributed by atoms with van der Waals surface area (Å²) in [5, 5.41) is 4.68. The van der Waals surface area contributed by atoms with Crippen LogP contribution in [0.15, 0.2) is 30.3 Å². The Bertz CT molecular complexity index is 724. The Morgan fingerprint density at radius 2 is 1.96 bits per heavy atom. The second kappa shape index (κ2) is 6.95. The van der Waals surface area contributed by atoms with Crippen molar-refractivity contribution >= 4 is 28.5 Å². The summed E-state index contributed by atoms with van der Waals surface area (Å²) in [7, 11) is 4.08. The van der Waals surface area contributed by atoms with Gasteiger partial charge in [0.2, 0.25) is 0 Å². The van der Waals surface area contributed by atoms with Crippen molar-refractivity contribution in [1.82, 2.24) is 4.98 Å². The number of fused-ring (bicyclic) bond motifs is 1. The Kier molecular flexibility index (Phi) is 4.74. The van der Waals surface area contributed by atoms with Crippen molar-refractivity contribution in [3.8, 4) is 0 Å². The molecule has 1 saturated carbocycles. The summed E-state index contributed by atoms with van der Waals surface area (Å²) in [6.45, 7) is 0. The molecule has 0 atom stereocenters. The molecule has 0 aliphatic heterocycles. The van der Waals surface area contributed by atoms with Crippen LogP contribution in [-0.2, 0) is 4.74 Å². The number of primary amides is 1. The number of hydrogen-bond donors (Lipinski definition) is 2. The molecule has 1 aliphatic carbocycles. The molecular formula is C18H24N4O2. The summed E-state index contributed by atoms with van der Waals surface area (Å²) in [6, 6.07) is 10.6. The Labute approximate surface area is 142 Å². The molecule has 1 aromatic heterocycles. The largest absolute Gasteiger partial charge is 0.446 e. The van der Waals surface area contributed by atoms with E-state index < -0.39 is 6.09 Å². The lowest BCUT2D eigenvalue weighted by Gasteiger charge is -2.29. The zero-order valence-electron chi connectivity index (χ0n) is 14.2. The van der Waals surface area contributed by atoms with Crippen LogP contribution in [0, 0.1) is 0 Å². The first-order chi connectivity index (χ1) is 11.5. The first-order valence-electron chi connectivity index (χ1n) is 8.32. The third-order valence-electron chi connectivity index (χ3n) is 4.49. The minimum Gasteiger partial charge on any atom is -0.446 e. The minimum atomic E-state index is -0.682. The van der Waals surface area contributed by atoms with Gasteiger partial charge in [0, 0.05) is 37.3 Å². The zero-order valence-corrected chi connectivity index (χ0v) is 14.2. The molecule has 3 N–H and O–H groups in total. The smallest absolute Gasteiger partial charge is 0.404 e. The Morgan fingerprint density at radius 1 is 1.25 bits per heavy atom. The van der Waals surface area contributed by atoms with Crippen LogP contribution >= 0.6 is 0 Å². The molecule has 1 fully saturated rings. The van der Waals surface area contributed by atoms with Crippen molar-refractivity contribution in [3.05, 3.63) is 30.3 Å². The zero-order chi connectivity index (χ0) is 17.1. The van der Waals surface area contributed by atoms with Gasteiger partial charge in [0.25, 0.3) is 0 Å².